The quantitative estimate of drug-likeness (QED) is 0.356. The van der Waals surface area contributed by atoms with Gasteiger partial charge in [-0.1, -0.05) is 104 Å². The Morgan fingerprint density at radius 3 is 0.722 bits per heavy atom. The minimum absolute atomic E-state index is 0. The average Bonchev–Trinajstić information content (AvgIpc) is 2.31. The van der Waals surface area contributed by atoms with Crippen molar-refractivity contribution in [1.82, 2.24) is 6.15 Å². The molecule has 0 aromatic heterocycles. The summed E-state index contributed by atoms with van der Waals surface area (Å²) in [6, 6.07) is 0. The van der Waals surface area contributed by atoms with Crippen molar-refractivity contribution >= 4 is 17.0 Å². The second kappa shape index (κ2) is 22.6. The zero-order chi connectivity index (χ0) is 11.9. The maximum Gasteiger partial charge on any atom is -0.0533 e. The monoisotopic (exact) mass is 323 g/mol. The van der Waals surface area contributed by atoms with Crippen molar-refractivity contribution in [3.05, 3.63) is 0 Å². The van der Waals surface area contributed by atoms with Crippen LogP contribution in [0.1, 0.15) is 104 Å². The van der Waals surface area contributed by atoms with Crippen molar-refractivity contribution in [2.45, 2.75) is 104 Å². The van der Waals surface area contributed by atoms with Gasteiger partial charge in [0.2, 0.25) is 0 Å². The summed E-state index contributed by atoms with van der Waals surface area (Å²) in [4.78, 5) is 0. The SMILES string of the molecule is Br.CCCCCCCCCCCCCCCC.N. The Hall–Kier alpha value is 0.440. The first-order chi connectivity index (χ1) is 7.91. The molecule has 0 aliphatic rings. The van der Waals surface area contributed by atoms with E-state index in [0.717, 1.165) is 0 Å². The van der Waals surface area contributed by atoms with Crippen molar-refractivity contribution in [2.75, 3.05) is 0 Å². The van der Waals surface area contributed by atoms with Crippen molar-refractivity contribution < 1.29 is 0 Å². The lowest BCUT2D eigenvalue weighted by atomic mass is 10.0. The summed E-state index contributed by atoms with van der Waals surface area (Å²) in [5, 5.41) is 0. The van der Waals surface area contributed by atoms with E-state index >= 15 is 0 Å². The molecule has 0 aliphatic heterocycles. The van der Waals surface area contributed by atoms with Crippen molar-refractivity contribution in [2.24, 2.45) is 0 Å². The summed E-state index contributed by atoms with van der Waals surface area (Å²) in [7, 11) is 0. The summed E-state index contributed by atoms with van der Waals surface area (Å²) in [6.45, 7) is 4.58. The third kappa shape index (κ3) is 21.7. The smallest absolute Gasteiger partial charge is 0.0533 e. The maximum absolute atomic E-state index is 2.29. The van der Waals surface area contributed by atoms with Gasteiger partial charge in [-0.05, 0) is 0 Å². The number of rotatable bonds is 13. The van der Waals surface area contributed by atoms with E-state index in [4.69, 9.17) is 0 Å². The molecule has 0 saturated heterocycles. The van der Waals surface area contributed by atoms with Crippen LogP contribution in [0.3, 0.4) is 0 Å². The molecule has 0 bridgehead atoms. The molecule has 2 heteroatoms. The van der Waals surface area contributed by atoms with Crippen LogP contribution in [0.4, 0.5) is 0 Å². The molecule has 0 saturated carbocycles. The van der Waals surface area contributed by atoms with Crippen LogP contribution >= 0.6 is 17.0 Å². The lowest BCUT2D eigenvalue weighted by Gasteiger charge is -2.02. The molecular formula is C16H38BrN. The van der Waals surface area contributed by atoms with Gasteiger partial charge in [0, 0.05) is 0 Å². The molecule has 0 rings (SSSR count). The summed E-state index contributed by atoms with van der Waals surface area (Å²) in [5.41, 5.74) is 0. The minimum Gasteiger partial charge on any atom is -0.344 e. The van der Waals surface area contributed by atoms with E-state index in [9.17, 15) is 0 Å². The van der Waals surface area contributed by atoms with Crippen LogP contribution in [-0.4, -0.2) is 0 Å². The normalized spacial score (nSPS) is 9.67. The second-order valence-electron chi connectivity index (χ2n) is 5.24. The Kier molecular flexibility index (Phi) is 29.5. The van der Waals surface area contributed by atoms with Crippen molar-refractivity contribution in [1.29, 1.82) is 0 Å². The van der Waals surface area contributed by atoms with Gasteiger partial charge >= 0.3 is 0 Å². The van der Waals surface area contributed by atoms with Gasteiger partial charge in [-0.25, -0.2) is 0 Å². The lowest BCUT2D eigenvalue weighted by molar-refractivity contribution is 0.538. The first-order valence-electron chi connectivity index (χ1n) is 7.91. The van der Waals surface area contributed by atoms with Crippen LogP contribution in [0.2, 0.25) is 0 Å². The van der Waals surface area contributed by atoms with Gasteiger partial charge < -0.3 is 6.15 Å². The topological polar surface area (TPSA) is 35.0 Å². The van der Waals surface area contributed by atoms with Crippen LogP contribution in [0.15, 0.2) is 0 Å². The highest BCUT2D eigenvalue weighted by Gasteiger charge is 1.92. The fourth-order valence-electron chi connectivity index (χ4n) is 2.27. The van der Waals surface area contributed by atoms with Crippen LogP contribution < -0.4 is 6.15 Å². The van der Waals surface area contributed by atoms with Crippen LogP contribution in [0.5, 0.6) is 0 Å². The zero-order valence-corrected chi connectivity index (χ0v) is 14.7. The third-order valence-corrected chi connectivity index (χ3v) is 3.46. The molecule has 114 valence electrons. The molecule has 0 aliphatic carbocycles. The zero-order valence-electron chi connectivity index (χ0n) is 13.0. The van der Waals surface area contributed by atoms with Gasteiger partial charge in [0.15, 0.2) is 0 Å². The fourth-order valence-corrected chi connectivity index (χ4v) is 2.27. The van der Waals surface area contributed by atoms with E-state index in [1.807, 2.05) is 0 Å². The Morgan fingerprint density at radius 2 is 0.556 bits per heavy atom. The molecule has 0 heterocycles. The molecule has 0 amide bonds. The molecule has 3 N–H and O–H groups in total. The number of unbranched alkanes of at least 4 members (excludes halogenated alkanes) is 13. The molecule has 0 radical (unpaired) electrons. The highest BCUT2D eigenvalue weighted by Crippen LogP contribution is 2.12. The van der Waals surface area contributed by atoms with E-state index in [-0.39, 0.29) is 23.1 Å². The minimum atomic E-state index is 0. The number of hydrogen-bond donors (Lipinski definition) is 1. The van der Waals surface area contributed by atoms with E-state index in [2.05, 4.69) is 13.8 Å². The largest absolute Gasteiger partial charge is 0.344 e. The van der Waals surface area contributed by atoms with E-state index in [0.29, 0.717) is 0 Å². The van der Waals surface area contributed by atoms with Crippen LogP contribution in [0.25, 0.3) is 0 Å². The average molecular weight is 324 g/mol. The van der Waals surface area contributed by atoms with E-state index in [1.165, 1.54) is 89.9 Å². The summed E-state index contributed by atoms with van der Waals surface area (Å²) in [6.07, 6.45) is 20.4. The summed E-state index contributed by atoms with van der Waals surface area (Å²) < 4.78 is 0. The van der Waals surface area contributed by atoms with E-state index in [1.54, 1.807) is 0 Å². The molecule has 0 atom stereocenters. The molecule has 0 spiro atoms. The van der Waals surface area contributed by atoms with Crippen LogP contribution in [-0.2, 0) is 0 Å². The molecule has 1 nitrogen and oxygen atoms in total. The Morgan fingerprint density at radius 1 is 0.389 bits per heavy atom. The number of halogens is 1. The summed E-state index contributed by atoms with van der Waals surface area (Å²) >= 11 is 0. The Labute approximate surface area is 127 Å². The van der Waals surface area contributed by atoms with Gasteiger partial charge in [0.05, 0.1) is 0 Å². The molecule has 0 unspecified atom stereocenters. The van der Waals surface area contributed by atoms with Gasteiger partial charge in [-0.3, -0.25) is 0 Å². The molecule has 0 fully saturated rings. The highest BCUT2D eigenvalue weighted by atomic mass is 79.9. The van der Waals surface area contributed by atoms with Gasteiger partial charge in [0.25, 0.3) is 0 Å². The van der Waals surface area contributed by atoms with Gasteiger partial charge in [-0.2, -0.15) is 0 Å². The second-order valence-corrected chi connectivity index (χ2v) is 5.24. The van der Waals surface area contributed by atoms with Crippen LogP contribution in [0, 0.1) is 0 Å². The predicted molar refractivity (Wildman–Crippen MR) is 91.3 cm³/mol. The lowest BCUT2D eigenvalue weighted by Crippen LogP contribution is -1.82. The maximum atomic E-state index is 2.29. The first kappa shape index (κ1) is 23.5. The van der Waals surface area contributed by atoms with Crippen molar-refractivity contribution in [3.8, 4) is 0 Å². The molecule has 0 aromatic rings. The first-order valence-corrected chi connectivity index (χ1v) is 7.91. The molecule has 18 heavy (non-hydrogen) atoms. The Balaban J connectivity index is -0.00000112. The van der Waals surface area contributed by atoms with Gasteiger partial charge in [0.1, 0.15) is 0 Å². The predicted octanol–water partition coefficient (Wildman–Crippen LogP) is 7.23. The standard InChI is InChI=1S/C16H34.BrH.H3N/c1-3-5-7-9-11-13-15-16-14-12-10-8-6-4-2;;/h3-16H2,1-2H3;1H;1H3. The van der Waals surface area contributed by atoms with Gasteiger partial charge in [-0.15, -0.1) is 17.0 Å². The molecule has 0 aromatic carbocycles. The van der Waals surface area contributed by atoms with E-state index < -0.39 is 0 Å². The highest BCUT2D eigenvalue weighted by molar-refractivity contribution is 8.93. The fraction of sp³-hybridized carbons (Fsp3) is 1.00. The molecular weight excluding hydrogens is 286 g/mol. The summed E-state index contributed by atoms with van der Waals surface area (Å²) in [5.74, 6) is 0. The number of hydrogen-bond acceptors (Lipinski definition) is 1. The third-order valence-electron chi connectivity index (χ3n) is 3.46. The Bertz CT molecular complexity index is 104. The van der Waals surface area contributed by atoms with Crippen molar-refractivity contribution in [3.63, 3.8) is 0 Å².